The van der Waals surface area contributed by atoms with Crippen LogP contribution in [0.15, 0.2) is 54.7 Å². The predicted octanol–water partition coefficient (Wildman–Crippen LogP) is 5.03. The zero-order chi connectivity index (χ0) is 18.5. The lowest BCUT2D eigenvalue weighted by molar-refractivity contribution is 0.244. The summed E-state index contributed by atoms with van der Waals surface area (Å²) in [5.41, 5.74) is 0.427. The van der Waals surface area contributed by atoms with E-state index in [9.17, 15) is 8.78 Å². The molecular formula is C19H18F2N4O. The van der Waals surface area contributed by atoms with Crippen molar-refractivity contribution in [3.8, 4) is 5.75 Å². The molecule has 0 atom stereocenters. The summed E-state index contributed by atoms with van der Waals surface area (Å²) in [5, 5.41) is 5.70. The molecule has 5 nitrogen and oxygen atoms in total. The number of hydrogen-bond acceptors (Lipinski definition) is 5. The lowest BCUT2D eigenvalue weighted by Gasteiger charge is -2.15. The molecule has 0 radical (unpaired) electrons. The summed E-state index contributed by atoms with van der Waals surface area (Å²) < 4.78 is 33.3. The molecule has 2 aromatic carbocycles. The van der Waals surface area contributed by atoms with Crippen molar-refractivity contribution in [3.63, 3.8) is 0 Å². The third kappa shape index (κ3) is 4.24. The lowest BCUT2D eigenvalue weighted by atomic mass is 10.3. The molecule has 0 aliphatic heterocycles. The summed E-state index contributed by atoms with van der Waals surface area (Å²) in [7, 11) is 0. The Morgan fingerprint density at radius 1 is 0.923 bits per heavy atom. The Kier molecular flexibility index (Phi) is 5.26. The maximum absolute atomic E-state index is 13.8. The van der Waals surface area contributed by atoms with Gasteiger partial charge in [0.05, 0.1) is 11.8 Å². The number of nitrogens with one attached hydrogen (secondary N) is 2. The van der Waals surface area contributed by atoms with E-state index in [-0.39, 0.29) is 23.6 Å². The molecule has 2 N–H and O–H groups in total. The topological polar surface area (TPSA) is 59.1 Å². The fourth-order valence-electron chi connectivity index (χ4n) is 2.28. The number of ether oxygens (including phenoxy) is 1. The van der Waals surface area contributed by atoms with Gasteiger partial charge in [0.2, 0.25) is 5.95 Å². The monoisotopic (exact) mass is 356 g/mol. The minimum atomic E-state index is -0.700. The van der Waals surface area contributed by atoms with Gasteiger partial charge in [-0.25, -0.2) is 13.8 Å². The van der Waals surface area contributed by atoms with Gasteiger partial charge in [0.25, 0.3) is 0 Å². The van der Waals surface area contributed by atoms with Gasteiger partial charge in [-0.3, -0.25) is 0 Å². The van der Waals surface area contributed by atoms with E-state index in [1.807, 2.05) is 38.1 Å². The Morgan fingerprint density at radius 3 is 2.38 bits per heavy atom. The van der Waals surface area contributed by atoms with E-state index in [0.29, 0.717) is 11.4 Å². The maximum atomic E-state index is 13.8. The second-order valence-corrected chi connectivity index (χ2v) is 5.77. The highest BCUT2D eigenvalue weighted by Crippen LogP contribution is 2.28. The number of anilines is 4. The largest absolute Gasteiger partial charge is 0.489 e. The molecule has 3 rings (SSSR count). The number of hydrogen-bond donors (Lipinski definition) is 2. The average Bonchev–Trinajstić information content (AvgIpc) is 2.60. The first-order chi connectivity index (χ1) is 12.5. The summed E-state index contributed by atoms with van der Waals surface area (Å²) in [6, 6.07) is 12.5. The van der Waals surface area contributed by atoms with Crippen LogP contribution in [0, 0.1) is 11.6 Å². The highest BCUT2D eigenvalue weighted by atomic mass is 19.1. The molecule has 0 saturated heterocycles. The first kappa shape index (κ1) is 17.6. The Morgan fingerprint density at radius 2 is 1.65 bits per heavy atom. The van der Waals surface area contributed by atoms with E-state index in [0.717, 1.165) is 0 Å². The van der Waals surface area contributed by atoms with Crippen molar-refractivity contribution in [3.05, 3.63) is 66.4 Å². The van der Waals surface area contributed by atoms with Gasteiger partial charge in [-0.15, -0.1) is 0 Å². The van der Waals surface area contributed by atoms with Gasteiger partial charge in [0, 0.05) is 6.20 Å². The number of aromatic nitrogens is 2. The number of rotatable bonds is 6. The SMILES string of the molecule is CC(C)Oc1ccccc1Nc1nccc(Nc2c(F)cccc2F)n1. The normalized spacial score (nSPS) is 10.7. The van der Waals surface area contributed by atoms with Gasteiger partial charge < -0.3 is 15.4 Å². The molecule has 1 heterocycles. The Hall–Kier alpha value is -3.22. The minimum Gasteiger partial charge on any atom is -0.489 e. The summed E-state index contributed by atoms with van der Waals surface area (Å²) >= 11 is 0. The van der Waals surface area contributed by atoms with Crippen molar-refractivity contribution in [1.29, 1.82) is 0 Å². The molecule has 26 heavy (non-hydrogen) atoms. The first-order valence-electron chi connectivity index (χ1n) is 8.09. The van der Waals surface area contributed by atoms with Crippen LogP contribution in [0.1, 0.15) is 13.8 Å². The maximum Gasteiger partial charge on any atom is 0.229 e. The van der Waals surface area contributed by atoms with E-state index in [1.165, 1.54) is 30.5 Å². The molecule has 1 aromatic heterocycles. The molecule has 3 aromatic rings. The third-order valence-electron chi connectivity index (χ3n) is 3.37. The van der Waals surface area contributed by atoms with Crippen molar-refractivity contribution >= 4 is 23.1 Å². The van der Waals surface area contributed by atoms with Gasteiger partial charge >= 0.3 is 0 Å². The molecule has 0 amide bonds. The molecule has 0 bridgehead atoms. The highest BCUT2D eigenvalue weighted by Gasteiger charge is 2.11. The standard InChI is InChI=1S/C19H18F2N4O/c1-12(2)26-16-9-4-3-8-15(16)23-19-22-11-10-17(25-19)24-18-13(20)6-5-7-14(18)21/h3-12H,1-2H3,(H2,22,23,24,25). The Balaban J connectivity index is 1.83. The number of benzene rings is 2. The third-order valence-corrected chi connectivity index (χ3v) is 3.37. The van der Waals surface area contributed by atoms with Gasteiger partial charge in [0.15, 0.2) is 0 Å². The lowest BCUT2D eigenvalue weighted by Crippen LogP contribution is -2.08. The fourth-order valence-corrected chi connectivity index (χ4v) is 2.28. The summed E-state index contributed by atoms with van der Waals surface area (Å²) in [6.07, 6.45) is 1.50. The van der Waals surface area contributed by atoms with Crippen LogP contribution in [0.5, 0.6) is 5.75 Å². The molecule has 0 spiro atoms. The van der Waals surface area contributed by atoms with Crippen LogP contribution in [0.2, 0.25) is 0 Å². The van der Waals surface area contributed by atoms with E-state index in [2.05, 4.69) is 20.6 Å². The van der Waals surface area contributed by atoms with Crippen molar-refractivity contribution < 1.29 is 13.5 Å². The summed E-state index contributed by atoms with van der Waals surface area (Å²) in [5.74, 6) is -0.215. The number of nitrogens with zero attached hydrogens (tertiary/aromatic N) is 2. The zero-order valence-corrected chi connectivity index (χ0v) is 14.3. The predicted molar refractivity (Wildman–Crippen MR) is 97.2 cm³/mol. The van der Waals surface area contributed by atoms with Gasteiger partial charge in [-0.2, -0.15) is 4.98 Å². The average molecular weight is 356 g/mol. The smallest absolute Gasteiger partial charge is 0.229 e. The summed E-state index contributed by atoms with van der Waals surface area (Å²) in [4.78, 5) is 8.38. The van der Waals surface area contributed by atoms with Crippen LogP contribution >= 0.6 is 0 Å². The molecule has 134 valence electrons. The van der Waals surface area contributed by atoms with E-state index < -0.39 is 11.6 Å². The molecule has 7 heteroatoms. The van der Waals surface area contributed by atoms with Gasteiger partial charge in [-0.05, 0) is 44.2 Å². The molecule has 0 aliphatic carbocycles. The van der Waals surface area contributed by atoms with E-state index in [4.69, 9.17) is 4.74 Å². The van der Waals surface area contributed by atoms with Crippen LogP contribution in [0.3, 0.4) is 0 Å². The van der Waals surface area contributed by atoms with Crippen LogP contribution in [-0.2, 0) is 0 Å². The van der Waals surface area contributed by atoms with Crippen molar-refractivity contribution in [2.75, 3.05) is 10.6 Å². The second-order valence-electron chi connectivity index (χ2n) is 5.77. The Bertz CT molecular complexity index is 882. The van der Waals surface area contributed by atoms with Gasteiger partial charge in [-0.1, -0.05) is 18.2 Å². The quantitative estimate of drug-likeness (QED) is 0.649. The number of para-hydroxylation sites is 3. The Labute approximate surface area is 150 Å². The van der Waals surface area contributed by atoms with Crippen molar-refractivity contribution in [2.24, 2.45) is 0 Å². The molecule has 0 unspecified atom stereocenters. The number of halogens is 2. The first-order valence-corrected chi connectivity index (χ1v) is 8.09. The van der Waals surface area contributed by atoms with Crippen LogP contribution in [0.4, 0.5) is 31.9 Å². The molecule has 0 fully saturated rings. The molecule has 0 saturated carbocycles. The zero-order valence-electron chi connectivity index (χ0n) is 14.3. The molecular weight excluding hydrogens is 338 g/mol. The van der Waals surface area contributed by atoms with Crippen LogP contribution in [0.25, 0.3) is 0 Å². The molecule has 0 aliphatic rings. The summed E-state index contributed by atoms with van der Waals surface area (Å²) in [6.45, 7) is 3.86. The highest BCUT2D eigenvalue weighted by molar-refractivity contribution is 5.64. The fraction of sp³-hybridized carbons (Fsp3) is 0.158. The van der Waals surface area contributed by atoms with Gasteiger partial charge in [0.1, 0.15) is 28.9 Å². The van der Waals surface area contributed by atoms with E-state index >= 15 is 0 Å². The van der Waals surface area contributed by atoms with Crippen LogP contribution in [-0.4, -0.2) is 16.1 Å². The second kappa shape index (κ2) is 7.77. The van der Waals surface area contributed by atoms with Crippen LogP contribution < -0.4 is 15.4 Å². The van der Waals surface area contributed by atoms with Crippen molar-refractivity contribution in [2.45, 2.75) is 20.0 Å². The van der Waals surface area contributed by atoms with E-state index in [1.54, 1.807) is 0 Å². The minimum absolute atomic E-state index is 0.0101. The van der Waals surface area contributed by atoms with Crippen molar-refractivity contribution in [1.82, 2.24) is 9.97 Å².